The van der Waals surface area contributed by atoms with E-state index < -0.39 is 0 Å². The monoisotopic (exact) mass is 197 g/mol. The lowest BCUT2D eigenvalue weighted by Crippen LogP contribution is -1.88. The van der Waals surface area contributed by atoms with Gasteiger partial charge >= 0.3 is 0 Å². The van der Waals surface area contributed by atoms with Crippen molar-refractivity contribution in [3.05, 3.63) is 29.8 Å². The number of benzene rings is 1. The zero-order chi connectivity index (χ0) is 8.81. The molecular formula is C10H13S2. The van der Waals surface area contributed by atoms with Gasteiger partial charge in [-0.1, -0.05) is 30.8 Å². The lowest BCUT2D eigenvalue weighted by Gasteiger charge is -2.04. The summed E-state index contributed by atoms with van der Waals surface area (Å²) in [6.07, 6.45) is 4.36. The van der Waals surface area contributed by atoms with Crippen LogP contribution in [0.2, 0.25) is 0 Å². The molecular weight excluding hydrogens is 184 g/mol. The Kier molecular flexibility index (Phi) is 4.62. The highest BCUT2D eigenvalue weighted by molar-refractivity contribution is 7.98. The second kappa shape index (κ2) is 5.55. The average Bonchev–Trinajstić information content (AvgIpc) is 2.15. The highest BCUT2D eigenvalue weighted by Crippen LogP contribution is 2.20. The third-order valence-corrected chi connectivity index (χ3v) is 2.91. The first-order valence-electron chi connectivity index (χ1n) is 4.08. The van der Waals surface area contributed by atoms with Crippen molar-refractivity contribution in [3.8, 4) is 0 Å². The molecule has 12 heavy (non-hydrogen) atoms. The van der Waals surface area contributed by atoms with Crippen LogP contribution in [0, 0.1) is 0 Å². The number of thioether (sulfide) groups is 1. The van der Waals surface area contributed by atoms with Gasteiger partial charge in [0.25, 0.3) is 0 Å². The molecule has 0 saturated heterocycles. The molecule has 0 nitrogen and oxygen atoms in total. The maximum Gasteiger partial charge on any atom is 0.0101 e. The Morgan fingerprint density at radius 3 is 2.75 bits per heavy atom. The molecule has 0 heterocycles. The fraction of sp³-hybridized carbons (Fsp3) is 0.400. The summed E-state index contributed by atoms with van der Waals surface area (Å²) in [6, 6.07) is 8.54. The van der Waals surface area contributed by atoms with E-state index in [9.17, 15) is 0 Å². The molecule has 0 aromatic heterocycles. The molecule has 0 unspecified atom stereocenters. The molecule has 0 atom stereocenters. The Bertz CT molecular complexity index is 233. The summed E-state index contributed by atoms with van der Waals surface area (Å²) in [4.78, 5) is 1.39. The topological polar surface area (TPSA) is 0 Å². The van der Waals surface area contributed by atoms with Crippen molar-refractivity contribution in [2.45, 2.75) is 17.7 Å². The molecule has 1 rings (SSSR count). The summed E-state index contributed by atoms with van der Waals surface area (Å²) in [6.45, 7) is 0. The van der Waals surface area contributed by atoms with Crippen molar-refractivity contribution in [3.63, 3.8) is 0 Å². The van der Waals surface area contributed by atoms with Crippen molar-refractivity contribution in [2.75, 3.05) is 12.0 Å². The summed E-state index contributed by atoms with van der Waals surface area (Å²) in [5.74, 6) is 0.864. The van der Waals surface area contributed by atoms with E-state index in [2.05, 4.69) is 30.5 Å². The van der Waals surface area contributed by atoms with E-state index in [1.54, 1.807) is 0 Å². The van der Waals surface area contributed by atoms with Gasteiger partial charge in [-0.25, -0.2) is 0 Å². The van der Waals surface area contributed by atoms with E-state index in [-0.39, 0.29) is 0 Å². The van der Waals surface area contributed by atoms with Crippen molar-refractivity contribution in [1.29, 1.82) is 0 Å². The summed E-state index contributed by atoms with van der Waals surface area (Å²) >= 11 is 6.74. The first kappa shape index (κ1) is 10.0. The van der Waals surface area contributed by atoms with Gasteiger partial charge < -0.3 is 0 Å². The predicted octanol–water partition coefficient (Wildman–Crippen LogP) is 3.54. The van der Waals surface area contributed by atoms with E-state index >= 15 is 0 Å². The van der Waals surface area contributed by atoms with Crippen molar-refractivity contribution in [2.24, 2.45) is 0 Å². The number of rotatable bonds is 4. The zero-order valence-corrected chi connectivity index (χ0v) is 8.88. The van der Waals surface area contributed by atoms with E-state index in [0.717, 1.165) is 18.6 Å². The SMILES string of the molecule is CSc1ccccc1CCC[S]. The minimum Gasteiger partial charge on any atom is -0.129 e. The van der Waals surface area contributed by atoms with E-state index in [1.807, 2.05) is 11.8 Å². The van der Waals surface area contributed by atoms with Crippen LogP contribution in [0.4, 0.5) is 0 Å². The van der Waals surface area contributed by atoms with Crippen LogP contribution in [-0.2, 0) is 6.42 Å². The molecule has 1 aromatic rings. The lowest BCUT2D eigenvalue weighted by molar-refractivity contribution is 0.914. The molecule has 0 saturated carbocycles. The molecule has 0 bridgehead atoms. The lowest BCUT2D eigenvalue weighted by atomic mass is 10.1. The Balaban J connectivity index is 2.68. The van der Waals surface area contributed by atoms with Crippen molar-refractivity contribution < 1.29 is 0 Å². The summed E-state index contributed by atoms with van der Waals surface area (Å²) in [7, 11) is 0. The molecule has 1 radical (unpaired) electrons. The molecule has 1 aromatic carbocycles. The quantitative estimate of drug-likeness (QED) is 0.665. The van der Waals surface area contributed by atoms with Gasteiger partial charge in [-0.3, -0.25) is 0 Å². The minimum absolute atomic E-state index is 0.864. The normalized spacial score (nSPS) is 10.2. The molecule has 65 valence electrons. The van der Waals surface area contributed by atoms with Gasteiger partial charge in [0, 0.05) is 10.6 Å². The average molecular weight is 197 g/mol. The third kappa shape index (κ3) is 2.76. The first-order valence-corrected chi connectivity index (χ1v) is 5.88. The number of aryl methyl sites for hydroxylation is 1. The fourth-order valence-corrected chi connectivity index (χ4v) is 1.96. The van der Waals surface area contributed by atoms with Gasteiger partial charge in [-0.05, 0) is 30.7 Å². The molecule has 0 amide bonds. The zero-order valence-electron chi connectivity index (χ0n) is 7.25. The Morgan fingerprint density at radius 1 is 1.33 bits per heavy atom. The van der Waals surface area contributed by atoms with Crippen LogP contribution in [0.1, 0.15) is 12.0 Å². The van der Waals surface area contributed by atoms with Gasteiger partial charge in [-0.2, -0.15) is 0 Å². The van der Waals surface area contributed by atoms with Crippen molar-refractivity contribution in [1.82, 2.24) is 0 Å². The maximum atomic E-state index is 4.92. The van der Waals surface area contributed by atoms with Gasteiger partial charge in [0.1, 0.15) is 0 Å². The fourth-order valence-electron chi connectivity index (χ4n) is 1.17. The predicted molar refractivity (Wildman–Crippen MR) is 59.0 cm³/mol. The molecule has 2 heteroatoms. The van der Waals surface area contributed by atoms with Crippen LogP contribution < -0.4 is 0 Å². The first-order chi connectivity index (χ1) is 5.88. The molecule has 0 N–H and O–H groups in total. The van der Waals surface area contributed by atoms with Crippen molar-refractivity contribution >= 4 is 24.4 Å². The largest absolute Gasteiger partial charge is 0.129 e. The van der Waals surface area contributed by atoms with E-state index in [4.69, 9.17) is 12.6 Å². The highest BCUT2D eigenvalue weighted by atomic mass is 32.2. The Hall–Kier alpha value is -0.0800. The highest BCUT2D eigenvalue weighted by Gasteiger charge is 1.98. The third-order valence-electron chi connectivity index (χ3n) is 1.78. The Labute approximate surface area is 84.2 Å². The molecule has 0 fully saturated rings. The van der Waals surface area contributed by atoms with Crippen LogP contribution in [-0.4, -0.2) is 12.0 Å². The second-order valence-electron chi connectivity index (χ2n) is 2.62. The maximum absolute atomic E-state index is 4.92. The van der Waals surface area contributed by atoms with Crippen LogP contribution >= 0.6 is 24.4 Å². The smallest absolute Gasteiger partial charge is 0.0101 e. The van der Waals surface area contributed by atoms with E-state index in [0.29, 0.717) is 0 Å². The van der Waals surface area contributed by atoms with Crippen LogP contribution in [0.15, 0.2) is 29.2 Å². The van der Waals surface area contributed by atoms with Gasteiger partial charge in [0.05, 0.1) is 0 Å². The standard InChI is InChI=1S/C10H13S2/c1-12-10-7-3-2-5-9(10)6-4-8-11/h2-3,5,7H,4,6,8H2,1H3. The molecule has 0 spiro atoms. The number of hydrogen-bond donors (Lipinski definition) is 0. The van der Waals surface area contributed by atoms with Crippen LogP contribution in [0.25, 0.3) is 0 Å². The summed E-state index contributed by atoms with van der Waals surface area (Å²) in [5, 5.41) is 0. The van der Waals surface area contributed by atoms with Crippen LogP contribution in [0.3, 0.4) is 0 Å². The molecule has 0 aliphatic heterocycles. The second-order valence-corrected chi connectivity index (χ2v) is 3.88. The molecule has 0 aliphatic carbocycles. The van der Waals surface area contributed by atoms with E-state index in [1.165, 1.54) is 10.5 Å². The molecule has 0 aliphatic rings. The number of hydrogen-bond acceptors (Lipinski definition) is 1. The van der Waals surface area contributed by atoms with Crippen LogP contribution in [0.5, 0.6) is 0 Å². The summed E-state index contributed by atoms with van der Waals surface area (Å²) in [5.41, 5.74) is 1.44. The van der Waals surface area contributed by atoms with Gasteiger partial charge in [0.2, 0.25) is 0 Å². The summed E-state index contributed by atoms with van der Waals surface area (Å²) < 4.78 is 0. The minimum atomic E-state index is 0.864. The van der Waals surface area contributed by atoms with Gasteiger partial charge in [-0.15, -0.1) is 11.8 Å². The van der Waals surface area contributed by atoms with Gasteiger partial charge in [0.15, 0.2) is 0 Å². The Morgan fingerprint density at radius 2 is 2.08 bits per heavy atom.